The second-order valence-electron chi connectivity index (χ2n) is 5.56. The molecular formula is C15H18F5N. The zero-order valence-corrected chi connectivity index (χ0v) is 11.8. The zero-order chi connectivity index (χ0) is 15.6. The Hall–Kier alpha value is -1.17. The van der Waals surface area contributed by atoms with E-state index < -0.39 is 40.7 Å². The van der Waals surface area contributed by atoms with Crippen molar-refractivity contribution in [2.45, 2.75) is 44.6 Å². The molecule has 118 valence electrons. The van der Waals surface area contributed by atoms with Crippen LogP contribution in [-0.2, 0) is 0 Å². The molecule has 1 aliphatic carbocycles. The SMILES string of the molecule is CNC(CC1CCCCC1)c1c(F)c(F)c(F)c(F)c1F. The molecule has 21 heavy (non-hydrogen) atoms. The average molecular weight is 307 g/mol. The molecule has 1 fully saturated rings. The van der Waals surface area contributed by atoms with Crippen molar-refractivity contribution in [2.75, 3.05) is 7.05 Å². The van der Waals surface area contributed by atoms with Crippen LogP contribution in [0.15, 0.2) is 0 Å². The highest BCUT2D eigenvalue weighted by atomic mass is 19.2. The maximum Gasteiger partial charge on any atom is 0.200 e. The molecule has 6 heteroatoms. The van der Waals surface area contributed by atoms with E-state index in [9.17, 15) is 22.0 Å². The van der Waals surface area contributed by atoms with Crippen molar-refractivity contribution in [3.8, 4) is 0 Å². The van der Waals surface area contributed by atoms with Crippen LogP contribution in [0.2, 0.25) is 0 Å². The predicted octanol–water partition coefficient (Wildman–Crippen LogP) is 4.61. The highest BCUT2D eigenvalue weighted by Gasteiger charge is 2.31. The molecule has 0 amide bonds. The van der Waals surface area contributed by atoms with Gasteiger partial charge in [0.25, 0.3) is 0 Å². The number of hydrogen-bond acceptors (Lipinski definition) is 1. The predicted molar refractivity (Wildman–Crippen MR) is 69.2 cm³/mol. The molecule has 0 aromatic heterocycles. The van der Waals surface area contributed by atoms with Crippen LogP contribution in [0.1, 0.15) is 50.1 Å². The number of hydrogen-bond donors (Lipinski definition) is 1. The lowest BCUT2D eigenvalue weighted by Crippen LogP contribution is -2.25. The zero-order valence-electron chi connectivity index (χ0n) is 11.8. The van der Waals surface area contributed by atoms with Crippen molar-refractivity contribution in [1.29, 1.82) is 0 Å². The first-order chi connectivity index (χ1) is 9.97. The highest BCUT2D eigenvalue weighted by Crippen LogP contribution is 2.35. The summed E-state index contributed by atoms with van der Waals surface area (Å²) in [5.41, 5.74) is -0.750. The molecule has 0 saturated heterocycles. The molecular weight excluding hydrogens is 289 g/mol. The first-order valence-electron chi connectivity index (χ1n) is 7.16. The molecule has 1 saturated carbocycles. The van der Waals surface area contributed by atoms with Gasteiger partial charge < -0.3 is 5.32 Å². The summed E-state index contributed by atoms with van der Waals surface area (Å²) in [5, 5.41) is 2.69. The van der Waals surface area contributed by atoms with Crippen LogP contribution in [0, 0.1) is 35.0 Å². The molecule has 1 nitrogen and oxygen atoms in total. The summed E-state index contributed by atoms with van der Waals surface area (Å²) in [6.07, 6.45) is 5.43. The molecule has 0 heterocycles. The quantitative estimate of drug-likeness (QED) is 0.486. The van der Waals surface area contributed by atoms with Crippen molar-refractivity contribution < 1.29 is 22.0 Å². The molecule has 0 spiro atoms. The summed E-state index contributed by atoms with van der Waals surface area (Å²) >= 11 is 0. The van der Waals surface area contributed by atoms with Gasteiger partial charge in [-0.2, -0.15) is 0 Å². The van der Waals surface area contributed by atoms with E-state index in [2.05, 4.69) is 5.32 Å². The summed E-state index contributed by atoms with van der Waals surface area (Å²) < 4.78 is 67.3. The van der Waals surface area contributed by atoms with Crippen LogP contribution in [0.25, 0.3) is 0 Å². The monoisotopic (exact) mass is 307 g/mol. The van der Waals surface area contributed by atoms with Crippen molar-refractivity contribution in [3.05, 3.63) is 34.6 Å². The summed E-state index contributed by atoms with van der Waals surface area (Å²) in [4.78, 5) is 0. The number of halogens is 5. The van der Waals surface area contributed by atoms with E-state index in [0.29, 0.717) is 6.42 Å². The van der Waals surface area contributed by atoms with E-state index >= 15 is 0 Å². The van der Waals surface area contributed by atoms with E-state index in [1.807, 2.05) is 0 Å². The van der Waals surface area contributed by atoms with Crippen LogP contribution in [0.5, 0.6) is 0 Å². The van der Waals surface area contributed by atoms with E-state index in [1.165, 1.54) is 7.05 Å². The Morgan fingerprint density at radius 3 is 1.81 bits per heavy atom. The van der Waals surface area contributed by atoms with Gasteiger partial charge in [-0.15, -0.1) is 0 Å². The van der Waals surface area contributed by atoms with Crippen molar-refractivity contribution in [3.63, 3.8) is 0 Å². The van der Waals surface area contributed by atoms with Gasteiger partial charge in [0.15, 0.2) is 23.3 Å². The lowest BCUT2D eigenvalue weighted by Gasteiger charge is -2.27. The number of benzene rings is 1. The molecule has 1 unspecified atom stereocenters. The molecule has 2 rings (SSSR count). The molecule has 1 aromatic carbocycles. The van der Waals surface area contributed by atoms with Gasteiger partial charge in [-0.3, -0.25) is 0 Å². The van der Waals surface area contributed by atoms with Gasteiger partial charge in [0, 0.05) is 11.6 Å². The molecule has 0 bridgehead atoms. The fraction of sp³-hybridized carbons (Fsp3) is 0.600. The third-order valence-electron chi connectivity index (χ3n) is 4.23. The Morgan fingerprint density at radius 1 is 0.857 bits per heavy atom. The largest absolute Gasteiger partial charge is 0.313 e. The fourth-order valence-corrected chi connectivity index (χ4v) is 3.06. The third-order valence-corrected chi connectivity index (χ3v) is 4.23. The molecule has 1 N–H and O–H groups in total. The summed E-state index contributed by atoms with van der Waals surface area (Å²) in [5.74, 6) is -9.10. The smallest absolute Gasteiger partial charge is 0.200 e. The maximum atomic E-state index is 13.8. The van der Waals surface area contributed by atoms with Gasteiger partial charge in [-0.1, -0.05) is 32.1 Å². The molecule has 1 aliphatic rings. The normalized spacial score (nSPS) is 18.0. The Kier molecular flexibility index (Phi) is 5.19. The van der Waals surface area contributed by atoms with Gasteiger partial charge >= 0.3 is 0 Å². The van der Waals surface area contributed by atoms with Gasteiger partial charge in [0.2, 0.25) is 5.82 Å². The van der Waals surface area contributed by atoms with Gasteiger partial charge in [0.1, 0.15) is 0 Å². The third kappa shape index (κ3) is 3.20. The second kappa shape index (κ2) is 6.73. The van der Waals surface area contributed by atoms with Crippen molar-refractivity contribution in [2.24, 2.45) is 5.92 Å². The second-order valence-corrected chi connectivity index (χ2v) is 5.56. The summed E-state index contributed by atoms with van der Waals surface area (Å²) in [6.45, 7) is 0. The van der Waals surface area contributed by atoms with Crippen LogP contribution in [0.3, 0.4) is 0 Å². The lowest BCUT2D eigenvalue weighted by atomic mass is 9.83. The van der Waals surface area contributed by atoms with E-state index in [0.717, 1.165) is 32.1 Å². The fourth-order valence-electron chi connectivity index (χ4n) is 3.06. The topological polar surface area (TPSA) is 12.0 Å². The van der Waals surface area contributed by atoms with Crippen LogP contribution >= 0.6 is 0 Å². The molecule has 1 atom stereocenters. The first kappa shape index (κ1) is 16.2. The maximum absolute atomic E-state index is 13.8. The van der Waals surface area contributed by atoms with Crippen molar-refractivity contribution in [1.82, 2.24) is 5.32 Å². The summed E-state index contributed by atoms with van der Waals surface area (Å²) in [6, 6.07) is -0.877. The minimum Gasteiger partial charge on any atom is -0.313 e. The van der Waals surface area contributed by atoms with Gasteiger partial charge in [-0.25, -0.2) is 22.0 Å². The first-order valence-corrected chi connectivity index (χ1v) is 7.16. The summed E-state index contributed by atoms with van der Waals surface area (Å²) in [7, 11) is 1.46. The average Bonchev–Trinajstić information content (AvgIpc) is 2.51. The highest BCUT2D eigenvalue weighted by molar-refractivity contribution is 5.27. The van der Waals surface area contributed by atoms with E-state index in [4.69, 9.17) is 0 Å². The number of nitrogens with one attached hydrogen (secondary N) is 1. The van der Waals surface area contributed by atoms with Crippen LogP contribution in [-0.4, -0.2) is 7.05 Å². The Labute approximate surface area is 120 Å². The van der Waals surface area contributed by atoms with Crippen LogP contribution in [0.4, 0.5) is 22.0 Å². The van der Waals surface area contributed by atoms with Crippen molar-refractivity contribution >= 4 is 0 Å². The minimum atomic E-state index is -2.11. The van der Waals surface area contributed by atoms with E-state index in [1.54, 1.807) is 0 Å². The Balaban J connectivity index is 2.33. The van der Waals surface area contributed by atoms with Crippen LogP contribution < -0.4 is 5.32 Å². The number of rotatable bonds is 4. The van der Waals surface area contributed by atoms with Gasteiger partial charge in [-0.05, 0) is 19.4 Å². The minimum absolute atomic E-state index is 0.242. The Bertz CT molecular complexity index is 482. The molecule has 0 radical (unpaired) electrons. The van der Waals surface area contributed by atoms with Gasteiger partial charge in [0.05, 0.1) is 0 Å². The lowest BCUT2D eigenvalue weighted by molar-refractivity contribution is 0.291. The Morgan fingerprint density at radius 2 is 1.33 bits per heavy atom. The molecule has 0 aliphatic heterocycles. The van der Waals surface area contributed by atoms with E-state index in [-0.39, 0.29) is 5.92 Å². The standard InChI is InChI=1S/C15H18F5N/c1-21-9(7-8-5-3-2-4-6-8)10-11(16)13(18)15(20)14(19)12(10)17/h8-9,21H,2-7H2,1H3. The molecule has 1 aromatic rings.